The second-order valence-corrected chi connectivity index (χ2v) is 13.1. The van der Waals surface area contributed by atoms with E-state index in [1.165, 1.54) is 40.7 Å². The fourth-order valence-corrected chi connectivity index (χ4v) is 7.56. The maximum atomic E-state index is 12.9. The monoisotopic (exact) mass is 573 g/mol. The summed E-state index contributed by atoms with van der Waals surface area (Å²) >= 11 is 1.11. The second-order valence-electron chi connectivity index (χ2n) is 8.33. The summed E-state index contributed by atoms with van der Waals surface area (Å²) in [5, 5.41) is 4.34. The fraction of sp³-hybridized carbons (Fsp3) is 0.261. The van der Waals surface area contributed by atoms with Gasteiger partial charge in [0.05, 0.1) is 16.4 Å². The Labute approximate surface area is 216 Å². The Hall–Kier alpha value is -2.94. The molecule has 0 bridgehead atoms. The number of nitrogens with one attached hydrogen (secondary N) is 2. The first kappa shape index (κ1) is 27.1. The molecule has 37 heavy (non-hydrogen) atoms. The summed E-state index contributed by atoms with van der Waals surface area (Å²) in [5.41, 5.74) is -0.942. The molecule has 2 aromatic carbocycles. The van der Waals surface area contributed by atoms with E-state index in [0.717, 1.165) is 23.5 Å². The molecular weight excluding hydrogens is 551 g/mol. The van der Waals surface area contributed by atoms with Gasteiger partial charge < -0.3 is 5.32 Å². The Bertz CT molecular complexity index is 1470. The molecule has 8 nitrogen and oxygen atoms in total. The van der Waals surface area contributed by atoms with Gasteiger partial charge in [0.25, 0.3) is 20.0 Å². The molecule has 1 saturated heterocycles. The van der Waals surface area contributed by atoms with Gasteiger partial charge in [-0.3, -0.25) is 9.52 Å². The lowest BCUT2D eigenvalue weighted by Crippen LogP contribution is -2.43. The van der Waals surface area contributed by atoms with Crippen LogP contribution in [0.2, 0.25) is 0 Å². The van der Waals surface area contributed by atoms with Crippen LogP contribution in [0.4, 0.5) is 24.5 Å². The highest BCUT2D eigenvalue weighted by atomic mass is 32.2. The molecule has 0 aliphatic carbocycles. The SMILES string of the molecule is O=C(Nc1ccc(S(=O)(=O)Nc2cccc(C(F)(F)F)c2)cc1)[C@@H]1CCCN(S(=O)(=O)c2cccs2)C1. The zero-order chi connectivity index (χ0) is 26.8. The molecule has 0 spiro atoms. The fourth-order valence-electron chi connectivity index (χ4n) is 3.85. The molecule has 1 aliphatic rings. The smallest absolute Gasteiger partial charge is 0.326 e. The van der Waals surface area contributed by atoms with Crippen LogP contribution in [-0.4, -0.2) is 40.1 Å². The third kappa shape index (κ3) is 6.32. The van der Waals surface area contributed by atoms with Crippen LogP contribution in [0.3, 0.4) is 0 Å². The van der Waals surface area contributed by atoms with Gasteiger partial charge in [0.15, 0.2) is 0 Å². The van der Waals surface area contributed by atoms with Gasteiger partial charge in [0.2, 0.25) is 5.91 Å². The Balaban J connectivity index is 1.41. The number of halogens is 3. The van der Waals surface area contributed by atoms with E-state index in [1.54, 1.807) is 11.4 Å². The molecule has 1 aliphatic heterocycles. The summed E-state index contributed by atoms with van der Waals surface area (Å²) in [6.45, 7) is 0.342. The molecule has 0 radical (unpaired) electrons. The van der Waals surface area contributed by atoms with E-state index in [-0.39, 0.29) is 21.3 Å². The zero-order valence-corrected chi connectivity index (χ0v) is 21.6. The lowest BCUT2D eigenvalue weighted by atomic mass is 9.99. The van der Waals surface area contributed by atoms with Crippen molar-refractivity contribution in [2.45, 2.75) is 28.1 Å². The standard InChI is InChI=1S/C23H22F3N3O5S3/c24-23(25,26)17-5-1-6-19(14-17)28-36(31,32)20-10-8-18(9-11-20)27-22(30)16-4-2-12-29(15-16)37(33,34)21-7-3-13-35-21/h1,3,5-11,13-14,16,28H,2,4,12,15H2,(H,27,30)/t16-/m1/s1. The number of hydrogen-bond acceptors (Lipinski definition) is 6. The number of benzene rings is 2. The van der Waals surface area contributed by atoms with Crippen LogP contribution in [0.5, 0.6) is 0 Å². The Morgan fingerprint density at radius 3 is 2.35 bits per heavy atom. The van der Waals surface area contributed by atoms with Gasteiger partial charge in [-0.25, -0.2) is 16.8 Å². The molecule has 1 aromatic heterocycles. The van der Waals surface area contributed by atoms with Crippen LogP contribution in [0.25, 0.3) is 0 Å². The molecule has 0 unspecified atom stereocenters. The third-order valence-electron chi connectivity index (χ3n) is 5.72. The van der Waals surface area contributed by atoms with Gasteiger partial charge in [0.1, 0.15) is 4.21 Å². The van der Waals surface area contributed by atoms with Gasteiger partial charge in [-0.2, -0.15) is 17.5 Å². The van der Waals surface area contributed by atoms with Crippen LogP contribution < -0.4 is 10.0 Å². The Kier molecular flexibility index (Phi) is 7.65. The molecule has 198 valence electrons. The molecule has 1 atom stereocenters. The van der Waals surface area contributed by atoms with Crippen molar-refractivity contribution in [3.8, 4) is 0 Å². The Morgan fingerprint density at radius 1 is 0.973 bits per heavy atom. The number of rotatable bonds is 7. The minimum Gasteiger partial charge on any atom is -0.326 e. The normalized spacial score (nSPS) is 17.3. The van der Waals surface area contributed by atoms with E-state index in [4.69, 9.17) is 0 Å². The first-order valence-electron chi connectivity index (χ1n) is 11.0. The van der Waals surface area contributed by atoms with Crippen LogP contribution in [0, 0.1) is 5.92 Å². The number of sulfonamides is 2. The highest BCUT2D eigenvalue weighted by Crippen LogP contribution is 2.31. The molecule has 3 aromatic rings. The summed E-state index contributed by atoms with van der Waals surface area (Å²) < 4.78 is 93.2. The summed E-state index contributed by atoms with van der Waals surface area (Å²) in [7, 11) is -7.87. The van der Waals surface area contributed by atoms with Gasteiger partial charge in [-0.15, -0.1) is 11.3 Å². The largest absolute Gasteiger partial charge is 0.416 e. The van der Waals surface area contributed by atoms with E-state index in [1.807, 2.05) is 0 Å². The summed E-state index contributed by atoms with van der Waals surface area (Å²) in [5.74, 6) is -0.988. The van der Waals surface area contributed by atoms with Crippen molar-refractivity contribution in [3.05, 3.63) is 71.6 Å². The van der Waals surface area contributed by atoms with Gasteiger partial charge >= 0.3 is 6.18 Å². The van der Waals surface area contributed by atoms with Gasteiger partial charge in [-0.1, -0.05) is 12.1 Å². The minimum absolute atomic E-state index is 0.0272. The van der Waals surface area contributed by atoms with Crippen LogP contribution in [0.15, 0.2) is 75.1 Å². The highest BCUT2D eigenvalue weighted by molar-refractivity contribution is 7.92. The van der Waals surface area contributed by atoms with Crippen molar-refractivity contribution in [2.24, 2.45) is 5.92 Å². The Morgan fingerprint density at radius 2 is 1.70 bits per heavy atom. The van der Waals surface area contributed by atoms with Gasteiger partial charge in [0, 0.05) is 24.5 Å². The zero-order valence-electron chi connectivity index (χ0n) is 19.1. The maximum absolute atomic E-state index is 12.9. The van der Waals surface area contributed by atoms with Crippen molar-refractivity contribution >= 4 is 48.7 Å². The van der Waals surface area contributed by atoms with E-state index in [9.17, 15) is 34.8 Å². The van der Waals surface area contributed by atoms with Crippen LogP contribution >= 0.6 is 11.3 Å². The number of anilines is 2. The average molecular weight is 574 g/mol. The summed E-state index contributed by atoms with van der Waals surface area (Å²) in [4.78, 5) is 12.6. The van der Waals surface area contributed by atoms with Crippen molar-refractivity contribution in [1.82, 2.24) is 4.31 Å². The number of hydrogen-bond donors (Lipinski definition) is 2. The molecule has 2 N–H and O–H groups in total. The lowest BCUT2D eigenvalue weighted by molar-refractivity contribution is -0.137. The van der Waals surface area contributed by atoms with E-state index in [2.05, 4.69) is 10.0 Å². The first-order valence-corrected chi connectivity index (χ1v) is 14.8. The predicted molar refractivity (Wildman–Crippen MR) is 133 cm³/mol. The third-order valence-corrected chi connectivity index (χ3v) is 10.4. The van der Waals surface area contributed by atoms with Crippen LogP contribution in [-0.2, 0) is 31.0 Å². The van der Waals surface area contributed by atoms with E-state index < -0.39 is 43.6 Å². The molecule has 1 fully saturated rings. The topological polar surface area (TPSA) is 113 Å². The quantitative estimate of drug-likeness (QED) is 0.429. The number of piperidine rings is 1. The van der Waals surface area contributed by atoms with E-state index >= 15 is 0 Å². The van der Waals surface area contributed by atoms with E-state index in [0.29, 0.717) is 31.1 Å². The highest BCUT2D eigenvalue weighted by Gasteiger charge is 2.34. The molecule has 0 saturated carbocycles. The molecule has 14 heteroatoms. The molecule has 4 rings (SSSR count). The van der Waals surface area contributed by atoms with Gasteiger partial charge in [-0.05, 0) is 66.8 Å². The van der Waals surface area contributed by atoms with Crippen molar-refractivity contribution in [2.75, 3.05) is 23.1 Å². The second kappa shape index (κ2) is 10.4. The van der Waals surface area contributed by atoms with Crippen molar-refractivity contribution < 1.29 is 34.8 Å². The number of amides is 1. The van der Waals surface area contributed by atoms with Crippen molar-refractivity contribution in [3.63, 3.8) is 0 Å². The molecule has 1 amide bonds. The summed E-state index contributed by atoms with van der Waals surface area (Å²) in [6.07, 6.45) is -3.61. The molecule has 2 heterocycles. The number of carbonyl (C=O) groups is 1. The maximum Gasteiger partial charge on any atom is 0.416 e. The van der Waals surface area contributed by atoms with Crippen LogP contribution in [0.1, 0.15) is 18.4 Å². The number of thiophene rings is 1. The minimum atomic E-state index is -4.62. The van der Waals surface area contributed by atoms with Crippen molar-refractivity contribution in [1.29, 1.82) is 0 Å². The first-order chi connectivity index (χ1) is 17.4. The molecular formula is C23H22F3N3O5S3. The number of nitrogens with zero attached hydrogens (tertiary/aromatic N) is 1. The summed E-state index contributed by atoms with van der Waals surface area (Å²) in [6, 6.07) is 12.1. The average Bonchev–Trinajstić information content (AvgIpc) is 3.40. The lowest BCUT2D eigenvalue weighted by Gasteiger charge is -2.30. The number of carbonyl (C=O) groups excluding carboxylic acids is 1. The predicted octanol–water partition coefficient (Wildman–Crippen LogP) is 4.61. The number of alkyl halides is 3.